The van der Waals surface area contributed by atoms with Crippen molar-refractivity contribution in [3.63, 3.8) is 0 Å². The van der Waals surface area contributed by atoms with Crippen LogP contribution in [-0.2, 0) is 4.84 Å². The quantitative estimate of drug-likeness (QED) is 0.564. The van der Waals surface area contributed by atoms with E-state index < -0.39 is 0 Å². The van der Waals surface area contributed by atoms with Gasteiger partial charge in [-0.2, -0.15) is 0 Å². The second-order valence-corrected chi connectivity index (χ2v) is 7.25. The molecule has 7 heteroatoms. The van der Waals surface area contributed by atoms with Crippen molar-refractivity contribution in [1.82, 2.24) is 9.88 Å². The minimum Gasteiger partial charge on any atom is -0.473 e. The van der Waals surface area contributed by atoms with Crippen LogP contribution in [0.2, 0.25) is 0 Å². The van der Waals surface area contributed by atoms with Crippen LogP contribution >= 0.6 is 15.9 Å². The largest absolute Gasteiger partial charge is 0.473 e. The standard InChI is InChI=1S/C17H23BrN4O2/c1-5-22(4)9-19-15-8-14(18)17(20-11(15)3)23-12-6-13-10(2)21-24-16(13)7-12/h8-9,12-13,16H,5-7H2,1-4H3/t12-,13+,16+/m1/s1. The second kappa shape index (κ2) is 7.09. The van der Waals surface area contributed by atoms with Gasteiger partial charge in [0.1, 0.15) is 12.2 Å². The van der Waals surface area contributed by atoms with Gasteiger partial charge in [-0.25, -0.2) is 9.98 Å². The molecule has 1 aliphatic heterocycles. The van der Waals surface area contributed by atoms with Crippen molar-refractivity contribution in [3.05, 3.63) is 16.2 Å². The van der Waals surface area contributed by atoms with Gasteiger partial charge in [0.25, 0.3) is 0 Å². The van der Waals surface area contributed by atoms with Crippen molar-refractivity contribution >= 4 is 33.7 Å². The number of hydrogen-bond donors (Lipinski definition) is 0. The van der Waals surface area contributed by atoms with Crippen molar-refractivity contribution in [1.29, 1.82) is 0 Å². The van der Waals surface area contributed by atoms with Crippen LogP contribution in [0.4, 0.5) is 5.69 Å². The van der Waals surface area contributed by atoms with Gasteiger partial charge in [0.2, 0.25) is 5.88 Å². The van der Waals surface area contributed by atoms with E-state index in [1.54, 1.807) is 0 Å². The summed E-state index contributed by atoms with van der Waals surface area (Å²) < 4.78 is 6.94. The molecule has 6 nitrogen and oxygen atoms in total. The van der Waals surface area contributed by atoms with Crippen molar-refractivity contribution < 1.29 is 9.57 Å². The van der Waals surface area contributed by atoms with Crippen molar-refractivity contribution in [3.8, 4) is 5.88 Å². The van der Waals surface area contributed by atoms with Crippen LogP contribution in [0.3, 0.4) is 0 Å². The fraction of sp³-hybridized carbons (Fsp3) is 0.588. The summed E-state index contributed by atoms with van der Waals surface area (Å²) in [5.74, 6) is 0.998. The molecule has 130 valence electrons. The maximum absolute atomic E-state index is 6.12. The van der Waals surface area contributed by atoms with Crippen LogP contribution in [-0.4, -0.2) is 47.7 Å². The second-order valence-electron chi connectivity index (χ2n) is 6.39. The third kappa shape index (κ3) is 3.55. The molecule has 0 N–H and O–H groups in total. The first kappa shape index (κ1) is 17.2. The van der Waals surface area contributed by atoms with Gasteiger partial charge in [-0.3, -0.25) is 0 Å². The molecule has 0 spiro atoms. The van der Waals surface area contributed by atoms with Gasteiger partial charge >= 0.3 is 0 Å². The van der Waals surface area contributed by atoms with Crippen LogP contribution in [0.25, 0.3) is 0 Å². The number of nitrogens with zero attached hydrogens (tertiary/aromatic N) is 4. The average molecular weight is 395 g/mol. The van der Waals surface area contributed by atoms with E-state index in [-0.39, 0.29) is 12.2 Å². The summed E-state index contributed by atoms with van der Waals surface area (Å²) in [6.07, 6.45) is 3.85. The monoisotopic (exact) mass is 394 g/mol. The highest BCUT2D eigenvalue weighted by atomic mass is 79.9. The van der Waals surface area contributed by atoms with Gasteiger partial charge in [-0.05, 0) is 49.2 Å². The molecule has 2 heterocycles. The number of pyridine rings is 1. The number of aryl methyl sites for hydroxylation is 1. The van der Waals surface area contributed by atoms with Gasteiger partial charge < -0.3 is 14.5 Å². The van der Waals surface area contributed by atoms with E-state index >= 15 is 0 Å². The Morgan fingerprint density at radius 1 is 1.46 bits per heavy atom. The Hall–Kier alpha value is -1.63. The molecular formula is C17H23BrN4O2. The number of aliphatic imine (C=N–C) groups is 1. The van der Waals surface area contributed by atoms with E-state index in [9.17, 15) is 0 Å². The summed E-state index contributed by atoms with van der Waals surface area (Å²) in [5, 5.41) is 4.06. The summed E-state index contributed by atoms with van der Waals surface area (Å²) in [6.45, 7) is 6.96. The first-order valence-corrected chi connectivity index (χ1v) is 9.05. The lowest BCUT2D eigenvalue weighted by Crippen LogP contribution is -2.16. The molecule has 2 aliphatic rings. The van der Waals surface area contributed by atoms with E-state index in [1.807, 2.05) is 38.2 Å². The van der Waals surface area contributed by atoms with Gasteiger partial charge in [-0.15, -0.1) is 0 Å². The Morgan fingerprint density at radius 2 is 2.25 bits per heavy atom. The Balaban J connectivity index is 1.70. The Labute approximate surface area is 151 Å². The number of aromatic nitrogens is 1. The van der Waals surface area contributed by atoms with Crippen LogP contribution in [0.15, 0.2) is 20.7 Å². The highest BCUT2D eigenvalue weighted by Gasteiger charge is 2.42. The zero-order valence-electron chi connectivity index (χ0n) is 14.5. The van der Waals surface area contributed by atoms with E-state index in [0.29, 0.717) is 11.8 Å². The van der Waals surface area contributed by atoms with E-state index in [0.717, 1.165) is 41.0 Å². The summed E-state index contributed by atoms with van der Waals surface area (Å²) >= 11 is 3.56. The fourth-order valence-electron chi connectivity index (χ4n) is 2.99. The molecule has 0 radical (unpaired) electrons. The van der Waals surface area contributed by atoms with Crippen LogP contribution in [0.5, 0.6) is 5.88 Å². The number of fused-ring (bicyclic) bond motifs is 1. The minimum absolute atomic E-state index is 0.106. The summed E-state index contributed by atoms with van der Waals surface area (Å²) in [4.78, 5) is 16.5. The van der Waals surface area contributed by atoms with Crippen LogP contribution in [0, 0.1) is 12.8 Å². The van der Waals surface area contributed by atoms with Gasteiger partial charge in [0, 0.05) is 25.9 Å². The molecule has 0 bridgehead atoms. The Morgan fingerprint density at radius 3 is 2.96 bits per heavy atom. The molecule has 1 saturated carbocycles. The van der Waals surface area contributed by atoms with E-state index in [2.05, 4.69) is 38.0 Å². The SMILES string of the molecule is CCN(C)C=Nc1cc(Br)c(O[C@H]2C[C@@H]3ON=C(C)[C@@H]3C2)nc1C. The molecule has 0 aromatic carbocycles. The average Bonchev–Trinajstić information content (AvgIpc) is 3.10. The number of oxime groups is 1. The first-order valence-electron chi connectivity index (χ1n) is 8.26. The molecule has 1 aliphatic carbocycles. The lowest BCUT2D eigenvalue weighted by molar-refractivity contribution is 0.0639. The predicted octanol–water partition coefficient (Wildman–Crippen LogP) is 3.70. The molecule has 1 fully saturated rings. The van der Waals surface area contributed by atoms with Crippen LogP contribution in [0.1, 0.15) is 32.4 Å². The maximum atomic E-state index is 6.12. The first-order chi connectivity index (χ1) is 11.5. The third-order valence-electron chi connectivity index (χ3n) is 4.61. The van der Waals surface area contributed by atoms with Gasteiger partial charge in [-0.1, -0.05) is 5.16 Å². The summed E-state index contributed by atoms with van der Waals surface area (Å²) in [7, 11) is 1.99. The van der Waals surface area contributed by atoms with Gasteiger partial charge in [0.05, 0.1) is 27.9 Å². The summed E-state index contributed by atoms with van der Waals surface area (Å²) in [6, 6.07) is 1.96. The molecular weight excluding hydrogens is 372 g/mol. The molecule has 1 aromatic rings. The van der Waals surface area contributed by atoms with Crippen molar-refractivity contribution in [2.75, 3.05) is 13.6 Å². The predicted molar refractivity (Wildman–Crippen MR) is 98.3 cm³/mol. The molecule has 24 heavy (non-hydrogen) atoms. The normalized spacial score (nSPS) is 25.5. The number of ether oxygens (including phenoxy) is 1. The molecule has 0 unspecified atom stereocenters. The van der Waals surface area contributed by atoms with Crippen molar-refractivity contribution in [2.24, 2.45) is 16.1 Å². The molecule has 3 rings (SSSR count). The fourth-order valence-corrected chi connectivity index (χ4v) is 3.39. The smallest absolute Gasteiger partial charge is 0.228 e. The highest BCUT2D eigenvalue weighted by Crippen LogP contribution is 2.38. The van der Waals surface area contributed by atoms with Crippen molar-refractivity contribution in [2.45, 2.75) is 45.8 Å². The molecule has 1 aromatic heterocycles. The zero-order valence-corrected chi connectivity index (χ0v) is 16.1. The zero-order chi connectivity index (χ0) is 17.3. The minimum atomic E-state index is 0.106. The number of halogens is 1. The molecule has 3 atom stereocenters. The summed E-state index contributed by atoms with van der Waals surface area (Å²) in [5.41, 5.74) is 2.75. The van der Waals surface area contributed by atoms with Gasteiger partial charge in [0.15, 0.2) is 0 Å². The molecule has 0 amide bonds. The lowest BCUT2D eigenvalue weighted by Gasteiger charge is -2.15. The Kier molecular flexibility index (Phi) is 5.08. The maximum Gasteiger partial charge on any atom is 0.228 e. The molecule has 0 saturated heterocycles. The van der Waals surface area contributed by atoms with Crippen LogP contribution < -0.4 is 4.74 Å². The highest BCUT2D eigenvalue weighted by molar-refractivity contribution is 9.10. The lowest BCUT2D eigenvalue weighted by atomic mass is 10.0. The topological polar surface area (TPSA) is 59.3 Å². The third-order valence-corrected chi connectivity index (χ3v) is 5.18. The van der Waals surface area contributed by atoms with E-state index in [1.165, 1.54) is 0 Å². The van der Waals surface area contributed by atoms with E-state index in [4.69, 9.17) is 9.57 Å². The number of hydrogen-bond acceptors (Lipinski definition) is 5. The number of rotatable bonds is 5. The Bertz CT molecular complexity index is 677.